The zero-order chi connectivity index (χ0) is 21.5. The number of hydrogen-bond acceptors (Lipinski definition) is 5. The van der Waals surface area contributed by atoms with E-state index in [0.29, 0.717) is 21.7 Å². The van der Waals surface area contributed by atoms with Gasteiger partial charge in [-0.3, -0.25) is 4.79 Å². The van der Waals surface area contributed by atoms with Gasteiger partial charge in [-0.25, -0.2) is 9.67 Å². The Kier molecular flexibility index (Phi) is 5.64. The molecule has 152 valence electrons. The molecule has 0 saturated heterocycles. The number of hydrogen-bond donors (Lipinski definition) is 1. The highest BCUT2D eigenvalue weighted by molar-refractivity contribution is 7.99. The fraction of sp³-hybridized carbons (Fsp3) is 0.211. The predicted molar refractivity (Wildman–Crippen MR) is 104 cm³/mol. The molecule has 0 saturated carbocycles. The topological polar surface area (TPSA) is 68.0 Å². The fourth-order valence-electron chi connectivity index (χ4n) is 2.75. The van der Waals surface area contributed by atoms with Gasteiger partial charge in [-0.15, -0.1) is 0 Å². The van der Waals surface area contributed by atoms with Crippen molar-refractivity contribution in [3.05, 3.63) is 62.7 Å². The van der Waals surface area contributed by atoms with E-state index >= 15 is 0 Å². The largest absolute Gasteiger partial charge is 0.505 e. The highest BCUT2D eigenvalue weighted by Crippen LogP contribution is 2.38. The van der Waals surface area contributed by atoms with Gasteiger partial charge in [0.2, 0.25) is 0 Å². The maximum absolute atomic E-state index is 12.7. The number of rotatable bonds is 3. The lowest BCUT2D eigenvalue weighted by atomic mass is 10.0. The van der Waals surface area contributed by atoms with Gasteiger partial charge in [0.15, 0.2) is 5.75 Å². The van der Waals surface area contributed by atoms with Gasteiger partial charge in [0.1, 0.15) is 10.7 Å². The Balaban J connectivity index is 1.97. The number of nitrogens with zero attached hydrogens (tertiary/aromatic N) is 3. The summed E-state index contributed by atoms with van der Waals surface area (Å²) in [5.41, 5.74) is 0.322. The predicted octanol–water partition coefficient (Wildman–Crippen LogP) is 4.99. The van der Waals surface area contributed by atoms with Crippen LogP contribution in [0, 0.1) is 13.8 Å². The van der Waals surface area contributed by atoms with Crippen LogP contribution in [0.5, 0.6) is 5.75 Å². The molecule has 3 aromatic rings. The number of aromatic nitrogens is 3. The van der Waals surface area contributed by atoms with E-state index in [1.54, 1.807) is 32.0 Å². The van der Waals surface area contributed by atoms with E-state index in [4.69, 9.17) is 11.6 Å². The first kappa shape index (κ1) is 21.2. The molecular weight excluding hydrogens is 427 g/mol. The van der Waals surface area contributed by atoms with Crippen molar-refractivity contribution in [2.45, 2.75) is 29.9 Å². The summed E-state index contributed by atoms with van der Waals surface area (Å²) in [5.74, 6) is -0.191. The van der Waals surface area contributed by atoms with Crippen LogP contribution in [0.15, 0.2) is 45.2 Å². The van der Waals surface area contributed by atoms with Gasteiger partial charge in [-0.05, 0) is 43.2 Å². The molecule has 0 aliphatic heterocycles. The van der Waals surface area contributed by atoms with Gasteiger partial charge in [-0.1, -0.05) is 29.4 Å². The molecule has 5 nitrogen and oxygen atoms in total. The molecule has 0 radical (unpaired) electrons. The molecule has 10 heteroatoms. The Morgan fingerprint density at radius 3 is 2.48 bits per heavy atom. The minimum Gasteiger partial charge on any atom is -0.505 e. The van der Waals surface area contributed by atoms with Crippen LogP contribution < -0.4 is 5.56 Å². The summed E-state index contributed by atoms with van der Waals surface area (Å²) in [6, 6.07) is 5.91. The lowest BCUT2D eigenvalue weighted by Crippen LogP contribution is -2.22. The fourth-order valence-corrected chi connectivity index (χ4v) is 3.89. The molecule has 1 N–H and O–H groups in total. The Labute approximate surface area is 173 Å². The van der Waals surface area contributed by atoms with Crippen molar-refractivity contribution < 1.29 is 18.3 Å². The van der Waals surface area contributed by atoms with Crippen LogP contribution in [0.25, 0.3) is 11.1 Å². The first-order valence-electron chi connectivity index (χ1n) is 8.27. The summed E-state index contributed by atoms with van der Waals surface area (Å²) < 4.78 is 39.4. The molecule has 2 aromatic heterocycles. The number of benzene rings is 1. The Hall–Kier alpha value is -2.52. The third kappa shape index (κ3) is 4.25. The van der Waals surface area contributed by atoms with E-state index in [-0.39, 0.29) is 21.4 Å². The van der Waals surface area contributed by atoms with Crippen LogP contribution in [0.1, 0.15) is 16.8 Å². The highest BCUT2D eigenvalue weighted by atomic mass is 35.5. The first-order chi connectivity index (χ1) is 13.5. The maximum atomic E-state index is 12.7. The van der Waals surface area contributed by atoms with Crippen LogP contribution in [0.2, 0.25) is 5.02 Å². The van der Waals surface area contributed by atoms with Crippen LogP contribution in [-0.4, -0.2) is 19.9 Å². The molecule has 0 unspecified atom stereocenters. The molecule has 0 fully saturated rings. The minimum absolute atomic E-state index is 0.108. The van der Waals surface area contributed by atoms with Crippen LogP contribution >= 0.6 is 23.4 Å². The van der Waals surface area contributed by atoms with Gasteiger partial charge in [0.05, 0.1) is 16.1 Å². The van der Waals surface area contributed by atoms with E-state index in [2.05, 4.69) is 10.1 Å². The molecule has 0 aliphatic carbocycles. The van der Waals surface area contributed by atoms with Crippen molar-refractivity contribution in [3.8, 4) is 16.9 Å². The van der Waals surface area contributed by atoms with E-state index in [1.807, 2.05) is 0 Å². The Morgan fingerprint density at radius 2 is 1.90 bits per heavy atom. The second-order valence-electron chi connectivity index (χ2n) is 6.33. The van der Waals surface area contributed by atoms with Gasteiger partial charge in [0.25, 0.3) is 5.56 Å². The summed E-state index contributed by atoms with van der Waals surface area (Å²) in [7, 11) is 1.50. The SMILES string of the molecule is Cc1cc(Sc2ncc(C(F)(F)F)cc2Cl)ccc1-c1c(O)c(C)nn(C)c1=O. The van der Waals surface area contributed by atoms with E-state index in [1.165, 1.54) is 7.05 Å². The molecule has 0 spiro atoms. The molecule has 0 amide bonds. The van der Waals surface area contributed by atoms with Gasteiger partial charge < -0.3 is 5.11 Å². The molecule has 2 heterocycles. The van der Waals surface area contributed by atoms with Crippen molar-refractivity contribution in [1.82, 2.24) is 14.8 Å². The van der Waals surface area contributed by atoms with Crippen molar-refractivity contribution >= 4 is 23.4 Å². The normalized spacial score (nSPS) is 11.7. The monoisotopic (exact) mass is 441 g/mol. The summed E-state index contributed by atoms with van der Waals surface area (Å²) in [5, 5.41) is 14.4. The number of pyridine rings is 1. The molecule has 0 bridgehead atoms. The standard InChI is InChI=1S/C19H15ClF3N3O2S/c1-9-6-12(29-17-14(20)7-11(8-24-17)19(21,22)23)4-5-13(9)15-16(27)10(2)25-26(3)18(15)28/h4-8,27H,1-3H3. The summed E-state index contributed by atoms with van der Waals surface area (Å²) in [4.78, 5) is 16.9. The minimum atomic E-state index is -4.52. The van der Waals surface area contributed by atoms with Crippen molar-refractivity contribution in [1.29, 1.82) is 0 Å². The van der Waals surface area contributed by atoms with Crippen molar-refractivity contribution in [2.24, 2.45) is 7.05 Å². The van der Waals surface area contributed by atoms with E-state index < -0.39 is 17.3 Å². The summed E-state index contributed by atoms with van der Waals surface area (Å²) >= 11 is 7.06. The maximum Gasteiger partial charge on any atom is 0.417 e. The van der Waals surface area contributed by atoms with E-state index in [0.717, 1.165) is 28.7 Å². The zero-order valence-corrected chi connectivity index (χ0v) is 17.1. The van der Waals surface area contributed by atoms with Crippen molar-refractivity contribution in [2.75, 3.05) is 0 Å². The smallest absolute Gasteiger partial charge is 0.417 e. The van der Waals surface area contributed by atoms with Crippen LogP contribution in [0.3, 0.4) is 0 Å². The van der Waals surface area contributed by atoms with E-state index in [9.17, 15) is 23.1 Å². The lowest BCUT2D eigenvalue weighted by Gasteiger charge is -2.12. The van der Waals surface area contributed by atoms with Gasteiger partial charge >= 0.3 is 6.18 Å². The summed E-state index contributed by atoms with van der Waals surface area (Å²) in [6.45, 7) is 3.35. The third-order valence-corrected chi connectivity index (χ3v) is 5.61. The quantitative estimate of drug-likeness (QED) is 0.620. The van der Waals surface area contributed by atoms with Crippen molar-refractivity contribution in [3.63, 3.8) is 0 Å². The second-order valence-corrected chi connectivity index (χ2v) is 7.79. The molecule has 3 rings (SSSR count). The zero-order valence-electron chi connectivity index (χ0n) is 15.5. The Morgan fingerprint density at radius 1 is 1.21 bits per heavy atom. The molecule has 0 aliphatic rings. The Bertz CT molecular complexity index is 1160. The van der Waals surface area contributed by atoms with Crippen LogP contribution in [0.4, 0.5) is 13.2 Å². The number of aryl methyl sites for hydroxylation is 3. The average Bonchev–Trinajstić information content (AvgIpc) is 2.62. The van der Waals surface area contributed by atoms with Crippen LogP contribution in [-0.2, 0) is 13.2 Å². The first-order valence-corrected chi connectivity index (χ1v) is 9.47. The highest BCUT2D eigenvalue weighted by Gasteiger charge is 2.31. The van der Waals surface area contributed by atoms with Gasteiger partial charge in [0, 0.05) is 18.1 Å². The number of aromatic hydroxyl groups is 1. The average molecular weight is 442 g/mol. The second kappa shape index (κ2) is 7.72. The lowest BCUT2D eigenvalue weighted by molar-refractivity contribution is -0.137. The molecule has 1 aromatic carbocycles. The molecule has 0 atom stereocenters. The number of alkyl halides is 3. The third-order valence-electron chi connectivity index (χ3n) is 4.20. The number of halogens is 4. The molecule has 29 heavy (non-hydrogen) atoms. The molecular formula is C19H15ClF3N3O2S. The summed E-state index contributed by atoms with van der Waals surface area (Å²) in [6.07, 6.45) is -3.79. The van der Waals surface area contributed by atoms with Gasteiger partial charge in [-0.2, -0.15) is 18.3 Å².